The molecule has 0 amide bonds. The summed E-state index contributed by atoms with van der Waals surface area (Å²) in [5.41, 5.74) is 0. The number of carbonyl (C=O) groups is 1. The maximum absolute atomic E-state index is 13.3. The van der Waals surface area contributed by atoms with Gasteiger partial charge in [0.1, 0.15) is 17.7 Å². The molecule has 0 aromatic heterocycles. The third kappa shape index (κ3) is 4.62. The maximum atomic E-state index is 13.3. The second kappa shape index (κ2) is 6.70. The molecular weight excluding hydrogens is 260 g/mol. The van der Waals surface area contributed by atoms with Crippen molar-refractivity contribution in [2.24, 2.45) is 0 Å². The van der Waals surface area contributed by atoms with E-state index in [0.717, 1.165) is 23.9 Å². The van der Waals surface area contributed by atoms with Crippen molar-refractivity contribution in [1.29, 1.82) is 0 Å². The maximum Gasteiger partial charge on any atom is 0.321 e. The summed E-state index contributed by atoms with van der Waals surface area (Å²) in [7, 11) is 0. The summed E-state index contributed by atoms with van der Waals surface area (Å²) >= 11 is 1.05. The van der Waals surface area contributed by atoms with E-state index in [0.29, 0.717) is 0 Å². The third-order valence-electron chi connectivity index (χ3n) is 2.13. The molecule has 0 saturated carbocycles. The van der Waals surface area contributed by atoms with Gasteiger partial charge in [-0.25, -0.2) is 8.78 Å². The van der Waals surface area contributed by atoms with Gasteiger partial charge in [0.25, 0.3) is 0 Å². The Morgan fingerprint density at radius 2 is 2.11 bits per heavy atom. The summed E-state index contributed by atoms with van der Waals surface area (Å²) in [5.74, 6) is -2.13. The zero-order valence-electron chi connectivity index (χ0n) is 10.1. The number of halogens is 2. The molecule has 1 aromatic rings. The second-order valence-corrected chi connectivity index (χ2v) is 5.16. The van der Waals surface area contributed by atoms with E-state index in [-0.39, 0.29) is 16.7 Å². The summed E-state index contributed by atoms with van der Waals surface area (Å²) in [6.07, 6.45) is 0. The van der Waals surface area contributed by atoms with Gasteiger partial charge in [0.15, 0.2) is 0 Å². The number of benzene rings is 1. The average Bonchev–Trinajstić information content (AvgIpc) is 2.25. The fourth-order valence-electron chi connectivity index (χ4n) is 1.36. The van der Waals surface area contributed by atoms with Crippen molar-refractivity contribution in [2.75, 3.05) is 5.75 Å². The molecule has 6 heteroatoms. The SMILES string of the molecule is CC(C)NC(CSc1ccc(F)cc1F)C(=O)O. The fraction of sp³-hybridized carbons (Fsp3) is 0.417. The summed E-state index contributed by atoms with van der Waals surface area (Å²) in [5, 5.41) is 11.8. The van der Waals surface area contributed by atoms with Gasteiger partial charge < -0.3 is 10.4 Å². The smallest absolute Gasteiger partial charge is 0.321 e. The third-order valence-corrected chi connectivity index (χ3v) is 3.27. The first-order valence-corrected chi connectivity index (χ1v) is 6.45. The second-order valence-electron chi connectivity index (χ2n) is 4.10. The zero-order valence-corrected chi connectivity index (χ0v) is 10.9. The van der Waals surface area contributed by atoms with Crippen LogP contribution in [0.15, 0.2) is 23.1 Å². The average molecular weight is 275 g/mol. The number of carboxylic acid groups (broad SMARTS) is 1. The molecule has 100 valence electrons. The highest BCUT2D eigenvalue weighted by Crippen LogP contribution is 2.23. The molecule has 0 aliphatic rings. The molecule has 0 aliphatic carbocycles. The van der Waals surface area contributed by atoms with Crippen molar-refractivity contribution in [2.45, 2.75) is 30.8 Å². The van der Waals surface area contributed by atoms with Crippen LogP contribution >= 0.6 is 11.8 Å². The van der Waals surface area contributed by atoms with Gasteiger partial charge in [0, 0.05) is 22.8 Å². The number of hydrogen-bond acceptors (Lipinski definition) is 3. The van der Waals surface area contributed by atoms with Crippen LogP contribution in [0.3, 0.4) is 0 Å². The van der Waals surface area contributed by atoms with E-state index in [1.54, 1.807) is 0 Å². The van der Waals surface area contributed by atoms with E-state index in [4.69, 9.17) is 5.11 Å². The van der Waals surface area contributed by atoms with Crippen LogP contribution < -0.4 is 5.32 Å². The van der Waals surface area contributed by atoms with E-state index in [9.17, 15) is 13.6 Å². The number of carboxylic acids is 1. The molecule has 0 aliphatic heterocycles. The molecule has 0 spiro atoms. The van der Waals surface area contributed by atoms with Gasteiger partial charge in [-0.05, 0) is 12.1 Å². The first kappa shape index (κ1) is 14.9. The van der Waals surface area contributed by atoms with Gasteiger partial charge in [-0.2, -0.15) is 0 Å². The minimum atomic E-state index is -0.987. The molecule has 0 saturated heterocycles. The molecule has 3 nitrogen and oxygen atoms in total. The zero-order chi connectivity index (χ0) is 13.7. The van der Waals surface area contributed by atoms with Crippen LogP contribution in [0.1, 0.15) is 13.8 Å². The first-order valence-electron chi connectivity index (χ1n) is 5.47. The van der Waals surface area contributed by atoms with Gasteiger partial charge in [-0.15, -0.1) is 11.8 Å². The monoisotopic (exact) mass is 275 g/mol. The van der Waals surface area contributed by atoms with Crippen LogP contribution in [0.4, 0.5) is 8.78 Å². The highest BCUT2D eigenvalue weighted by Gasteiger charge is 2.19. The normalized spacial score (nSPS) is 12.7. The van der Waals surface area contributed by atoms with Crippen molar-refractivity contribution in [1.82, 2.24) is 5.32 Å². The predicted molar refractivity (Wildman–Crippen MR) is 66.8 cm³/mol. The van der Waals surface area contributed by atoms with Crippen LogP contribution in [0.25, 0.3) is 0 Å². The molecule has 1 atom stereocenters. The molecule has 0 heterocycles. The lowest BCUT2D eigenvalue weighted by molar-refractivity contribution is -0.139. The Labute approximate surface area is 109 Å². The number of aliphatic carboxylic acids is 1. The Balaban J connectivity index is 2.64. The number of thioether (sulfide) groups is 1. The van der Waals surface area contributed by atoms with Gasteiger partial charge >= 0.3 is 5.97 Å². The van der Waals surface area contributed by atoms with Crippen LogP contribution in [0, 0.1) is 11.6 Å². The summed E-state index contributed by atoms with van der Waals surface area (Å²) < 4.78 is 26.0. The van der Waals surface area contributed by atoms with Crippen LogP contribution in [-0.2, 0) is 4.79 Å². The molecular formula is C12H15F2NO2S. The van der Waals surface area contributed by atoms with Crippen molar-refractivity contribution < 1.29 is 18.7 Å². The van der Waals surface area contributed by atoms with Crippen molar-refractivity contribution in [3.05, 3.63) is 29.8 Å². The van der Waals surface area contributed by atoms with Crippen LogP contribution in [0.5, 0.6) is 0 Å². The largest absolute Gasteiger partial charge is 0.480 e. The number of nitrogens with one attached hydrogen (secondary N) is 1. The summed E-state index contributed by atoms with van der Waals surface area (Å²) in [6, 6.07) is 2.50. The Bertz CT molecular complexity index is 427. The van der Waals surface area contributed by atoms with E-state index in [2.05, 4.69) is 5.32 Å². The lowest BCUT2D eigenvalue weighted by Crippen LogP contribution is -2.42. The Kier molecular flexibility index (Phi) is 5.55. The van der Waals surface area contributed by atoms with Crippen LogP contribution in [0.2, 0.25) is 0 Å². The number of rotatable bonds is 6. The predicted octanol–water partition coefficient (Wildman–Crippen LogP) is 2.51. The highest BCUT2D eigenvalue weighted by molar-refractivity contribution is 7.99. The number of hydrogen-bond donors (Lipinski definition) is 2. The van der Waals surface area contributed by atoms with Crippen molar-refractivity contribution in [3.63, 3.8) is 0 Å². The lowest BCUT2D eigenvalue weighted by atomic mass is 10.3. The minimum Gasteiger partial charge on any atom is -0.480 e. The Morgan fingerprint density at radius 3 is 2.61 bits per heavy atom. The molecule has 1 rings (SSSR count). The fourth-order valence-corrected chi connectivity index (χ4v) is 2.30. The standard InChI is InChI=1S/C12H15F2NO2S/c1-7(2)15-10(12(16)17)6-18-11-4-3-8(13)5-9(11)14/h3-5,7,10,15H,6H2,1-2H3,(H,16,17). The van der Waals surface area contributed by atoms with Gasteiger partial charge in [-0.1, -0.05) is 13.8 Å². The van der Waals surface area contributed by atoms with E-state index in [1.165, 1.54) is 6.07 Å². The van der Waals surface area contributed by atoms with Crippen molar-refractivity contribution in [3.8, 4) is 0 Å². The quantitative estimate of drug-likeness (QED) is 0.783. The minimum absolute atomic E-state index is 0.0183. The van der Waals surface area contributed by atoms with Crippen molar-refractivity contribution >= 4 is 17.7 Å². The molecule has 1 aromatic carbocycles. The van der Waals surface area contributed by atoms with Gasteiger partial charge in [-0.3, -0.25) is 4.79 Å². The van der Waals surface area contributed by atoms with Crippen LogP contribution in [-0.4, -0.2) is 28.9 Å². The summed E-state index contributed by atoms with van der Waals surface area (Å²) in [6.45, 7) is 3.66. The van der Waals surface area contributed by atoms with E-state index < -0.39 is 23.6 Å². The molecule has 0 bridgehead atoms. The molecule has 1 unspecified atom stereocenters. The van der Waals surface area contributed by atoms with E-state index >= 15 is 0 Å². The highest BCUT2D eigenvalue weighted by atomic mass is 32.2. The molecule has 0 fully saturated rings. The lowest BCUT2D eigenvalue weighted by Gasteiger charge is -2.16. The summed E-state index contributed by atoms with van der Waals surface area (Å²) in [4.78, 5) is 11.2. The Hall–Kier alpha value is -1.14. The Morgan fingerprint density at radius 1 is 1.44 bits per heavy atom. The van der Waals surface area contributed by atoms with Gasteiger partial charge in [0.05, 0.1) is 0 Å². The molecule has 0 radical (unpaired) electrons. The van der Waals surface area contributed by atoms with E-state index in [1.807, 2.05) is 13.8 Å². The molecule has 2 N–H and O–H groups in total. The van der Waals surface area contributed by atoms with Gasteiger partial charge in [0.2, 0.25) is 0 Å². The first-order chi connectivity index (χ1) is 8.40. The molecule has 18 heavy (non-hydrogen) atoms. The topological polar surface area (TPSA) is 49.3 Å².